The number of thiazole rings is 1. The summed E-state index contributed by atoms with van der Waals surface area (Å²) in [6.45, 7) is 4.39. The smallest absolute Gasteiger partial charge is 0.264 e. The van der Waals surface area contributed by atoms with E-state index < -0.39 is 29.7 Å². The lowest BCUT2D eigenvalue weighted by molar-refractivity contribution is -0.136. The number of hydrogen-bond acceptors (Lipinski definition) is 11. The van der Waals surface area contributed by atoms with E-state index in [0.717, 1.165) is 70.9 Å². The number of nitrogens with zero attached hydrogens (tertiary/aromatic N) is 4. The van der Waals surface area contributed by atoms with Crippen molar-refractivity contribution in [1.29, 1.82) is 0 Å². The van der Waals surface area contributed by atoms with Crippen molar-refractivity contribution in [2.24, 2.45) is 5.92 Å². The average molecular weight is 738 g/mol. The topological polar surface area (TPSA) is 163 Å². The Morgan fingerprint density at radius 2 is 1.85 bits per heavy atom. The molecule has 1 atom stereocenters. The Balaban J connectivity index is 0.883. The van der Waals surface area contributed by atoms with Crippen LogP contribution in [0, 0.1) is 12.8 Å². The fourth-order valence-corrected chi connectivity index (χ4v) is 8.80. The highest BCUT2D eigenvalue weighted by Crippen LogP contribution is 2.41. The van der Waals surface area contributed by atoms with Crippen LogP contribution in [0.15, 0.2) is 48.8 Å². The predicted molar refractivity (Wildman–Crippen MR) is 202 cm³/mol. The molecule has 3 N–H and O–H groups in total. The molecule has 2 aromatic carbocycles. The molecule has 1 saturated carbocycles. The van der Waals surface area contributed by atoms with Crippen molar-refractivity contribution in [3.63, 3.8) is 0 Å². The first-order valence-electron chi connectivity index (χ1n) is 18.1. The van der Waals surface area contributed by atoms with Crippen LogP contribution in [0.25, 0.3) is 10.2 Å². The summed E-state index contributed by atoms with van der Waals surface area (Å²) >= 11 is 1.68. The van der Waals surface area contributed by atoms with E-state index in [9.17, 15) is 24.0 Å². The molecule has 14 heteroatoms. The van der Waals surface area contributed by atoms with Gasteiger partial charge in [-0.1, -0.05) is 6.07 Å². The lowest BCUT2D eigenvalue weighted by atomic mass is 9.82. The summed E-state index contributed by atoms with van der Waals surface area (Å²) in [6.07, 6.45) is 8.70. The van der Waals surface area contributed by atoms with Crippen LogP contribution >= 0.6 is 11.3 Å². The molecule has 1 saturated heterocycles. The molecule has 2 aromatic heterocycles. The van der Waals surface area contributed by atoms with E-state index in [0.29, 0.717) is 41.1 Å². The van der Waals surface area contributed by atoms with Gasteiger partial charge in [-0.3, -0.25) is 39.2 Å². The number of piperidine rings is 1. The Morgan fingerprint density at radius 3 is 2.60 bits per heavy atom. The lowest BCUT2D eigenvalue weighted by Crippen LogP contribution is -2.54. The number of aromatic nitrogens is 2. The highest BCUT2D eigenvalue weighted by atomic mass is 32.1. The summed E-state index contributed by atoms with van der Waals surface area (Å²) in [6, 6.07) is 9.78. The number of hydrogen-bond donors (Lipinski definition) is 3. The molecule has 7 rings (SSSR count). The van der Waals surface area contributed by atoms with Gasteiger partial charge in [0.1, 0.15) is 11.8 Å². The van der Waals surface area contributed by atoms with Crippen LogP contribution in [0.2, 0.25) is 0 Å². The highest BCUT2D eigenvalue weighted by molar-refractivity contribution is 7.18. The average Bonchev–Trinajstić information content (AvgIpc) is 3.67. The van der Waals surface area contributed by atoms with Gasteiger partial charge in [0.15, 0.2) is 0 Å². The number of carbonyl (C=O) groups excluding carboxylic acids is 5. The van der Waals surface area contributed by atoms with Gasteiger partial charge >= 0.3 is 0 Å². The number of pyridine rings is 1. The largest absolute Gasteiger partial charge is 0.494 e. The molecule has 5 amide bonds. The fraction of sp³-hybridized carbons (Fsp3) is 0.410. The summed E-state index contributed by atoms with van der Waals surface area (Å²) in [4.78, 5) is 75.9. The van der Waals surface area contributed by atoms with Crippen LogP contribution in [0.3, 0.4) is 0 Å². The molecule has 0 bridgehead atoms. The molecule has 0 radical (unpaired) electrons. The number of carbonyl (C=O) groups is 5. The monoisotopic (exact) mass is 737 g/mol. The minimum Gasteiger partial charge on any atom is -0.494 e. The van der Waals surface area contributed by atoms with Crippen molar-refractivity contribution >= 4 is 62.5 Å². The molecule has 0 spiro atoms. The molecule has 276 valence electrons. The number of imide groups is 2. The third-order valence-corrected chi connectivity index (χ3v) is 11.6. The quantitative estimate of drug-likeness (QED) is 0.127. The number of rotatable bonds is 12. The van der Waals surface area contributed by atoms with Crippen molar-refractivity contribution in [3.05, 3.63) is 76.1 Å². The van der Waals surface area contributed by atoms with Crippen LogP contribution < -0.4 is 20.7 Å². The number of methoxy groups -OCH3 is 1. The maximum atomic E-state index is 13.4. The summed E-state index contributed by atoms with van der Waals surface area (Å²) in [5.74, 6) is -0.710. The summed E-state index contributed by atoms with van der Waals surface area (Å²) in [5, 5.41) is 9.69. The van der Waals surface area contributed by atoms with E-state index in [4.69, 9.17) is 9.72 Å². The molecule has 1 aliphatic carbocycles. The molecule has 4 aromatic rings. The van der Waals surface area contributed by atoms with E-state index in [-0.39, 0.29) is 29.9 Å². The standard InChI is InChI=1S/C39H43N7O6S/c1-22-16-25(20-40-19-22)35(48)42-28-18-32-29(17-31(28)52-3)43-37(53-32)24-10-8-23(9-11-24)21-45(2)15-5-14-41-27-7-4-6-26-34(27)39(51)46(38(26)50)30-12-13-33(47)44-36(30)49/h4,6-7,16-20,23-24,30,41H,5,8-15,21H2,1-3H3,(H,42,48)(H,44,47,49). The fourth-order valence-electron chi connectivity index (χ4n) is 7.65. The van der Waals surface area contributed by atoms with Crippen molar-refractivity contribution in [2.75, 3.05) is 44.4 Å². The maximum absolute atomic E-state index is 13.4. The predicted octanol–water partition coefficient (Wildman–Crippen LogP) is 5.37. The molecule has 53 heavy (non-hydrogen) atoms. The van der Waals surface area contributed by atoms with E-state index in [1.54, 1.807) is 55.1 Å². The summed E-state index contributed by atoms with van der Waals surface area (Å²) < 4.78 is 6.62. The SMILES string of the molecule is COc1cc2nc(C3CCC(CN(C)CCCNc4cccc5c4C(=O)N(C4CCC(=O)NC4=O)C5=O)CC3)sc2cc1NC(=O)c1cncc(C)c1. The molecule has 2 aliphatic heterocycles. The normalized spacial score (nSPS) is 20.2. The number of anilines is 2. The number of aryl methyl sites for hydroxylation is 1. The van der Waals surface area contributed by atoms with E-state index in [1.165, 1.54) is 0 Å². The molecule has 3 aliphatic rings. The third-order valence-electron chi connectivity index (χ3n) is 10.4. The Morgan fingerprint density at radius 1 is 1.04 bits per heavy atom. The van der Waals surface area contributed by atoms with Gasteiger partial charge in [0, 0.05) is 49.6 Å². The van der Waals surface area contributed by atoms with Gasteiger partial charge in [0.2, 0.25) is 11.8 Å². The van der Waals surface area contributed by atoms with Crippen molar-refractivity contribution in [2.45, 2.75) is 63.8 Å². The van der Waals surface area contributed by atoms with Crippen LogP contribution in [-0.4, -0.2) is 89.1 Å². The Bertz CT molecular complexity index is 2090. The molecule has 4 heterocycles. The first kappa shape index (κ1) is 36.2. The number of benzene rings is 2. The summed E-state index contributed by atoms with van der Waals surface area (Å²) in [5.41, 5.74) is 4.01. The Hall–Kier alpha value is -5.21. The van der Waals surface area contributed by atoms with Gasteiger partial charge < -0.3 is 20.3 Å². The lowest BCUT2D eigenvalue weighted by Gasteiger charge is -2.30. The number of fused-ring (bicyclic) bond motifs is 2. The molecule has 2 fully saturated rings. The second-order valence-corrected chi connectivity index (χ2v) is 15.3. The van der Waals surface area contributed by atoms with E-state index >= 15 is 0 Å². The highest BCUT2D eigenvalue weighted by Gasteiger charge is 2.45. The number of nitrogens with one attached hydrogen (secondary N) is 3. The minimum atomic E-state index is -0.987. The second-order valence-electron chi connectivity index (χ2n) is 14.2. The molecule has 1 unspecified atom stereocenters. The van der Waals surface area contributed by atoms with E-state index in [1.807, 2.05) is 19.1 Å². The zero-order valence-electron chi connectivity index (χ0n) is 30.1. The first-order valence-corrected chi connectivity index (χ1v) is 18.9. The van der Waals surface area contributed by atoms with Crippen LogP contribution in [0.1, 0.15) is 92.5 Å². The van der Waals surface area contributed by atoms with E-state index in [2.05, 4.69) is 32.9 Å². The zero-order chi connectivity index (χ0) is 37.2. The van der Waals surface area contributed by atoms with Crippen LogP contribution in [0.4, 0.5) is 11.4 Å². The van der Waals surface area contributed by atoms with Gasteiger partial charge in [-0.25, -0.2) is 4.98 Å². The van der Waals surface area contributed by atoms with Gasteiger partial charge in [0.25, 0.3) is 17.7 Å². The Labute approximate surface area is 311 Å². The number of amides is 5. The van der Waals surface area contributed by atoms with Gasteiger partial charge in [-0.15, -0.1) is 11.3 Å². The Kier molecular flexibility index (Phi) is 10.5. The van der Waals surface area contributed by atoms with Gasteiger partial charge in [-0.2, -0.15) is 0 Å². The molecular weight excluding hydrogens is 695 g/mol. The second kappa shape index (κ2) is 15.4. The van der Waals surface area contributed by atoms with Crippen molar-refractivity contribution < 1.29 is 28.7 Å². The molecular formula is C39H43N7O6S. The zero-order valence-corrected chi connectivity index (χ0v) is 30.9. The van der Waals surface area contributed by atoms with Crippen LogP contribution in [0.5, 0.6) is 5.75 Å². The van der Waals surface area contributed by atoms with Crippen LogP contribution in [-0.2, 0) is 9.59 Å². The third kappa shape index (κ3) is 7.65. The van der Waals surface area contributed by atoms with Crippen molar-refractivity contribution in [1.82, 2.24) is 25.1 Å². The number of ether oxygens (including phenoxy) is 1. The van der Waals surface area contributed by atoms with Gasteiger partial charge in [0.05, 0.1) is 44.7 Å². The first-order chi connectivity index (χ1) is 25.6. The summed E-state index contributed by atoms with van der Waals surface area (Å²) in [7, 11) is 3.73. The maximum Gasteiger partial charge on any atom is 0.264 e. The van der Waals surface area contributed by atoms with Crippen molar-refractivity contribution in [3.8, 4) is 5.75 Å². The van der Waals surface area contributed by atoms with Gasteiger partial charge in [-0.05, 0) is 94.8 Å². The minimum absolute atomic E-state index is 0.0846. The molecule has 13 nitrogen and oxygen atoms in total.